The Kier molecular flexibility index (Phi) is 0.974. The summed E-state index contributed by atoms with van der Waals surface area (Å²) in [7, 11) is 0. The molecule has 0 aliphatic heterocycles. The van der Waals surface area contributed by atoms with Crippen molar-refractivity contribution in [3.05, 3.63) is 30.2 Å². The SMILES string of the molecule is Fc1cccc2cn[nH]c12.[HH]. The van der Waals surface area contributed by atoms with Gasteiger partial charge in [-0.05, 0) is 6.07 Å². The molecule has 10 heavy (non-hydrogen) atoms. The lowest BCUT2D eigenvalue weighted by molar-refractivity contribution is 0.636. The van der Waals surface area contributed by atoms with E-state index in [4.69, 9.17) is 0 Å². The van der Waals surface area contributed by atoms with Gasteiger partial charge in [0.15, 0.2) is 0 Å². The normalized spacial score (nSPS) is 10.5. The van der Waals surface area contributed by atoms with Crippen LogP contribution < -0.4 is 0 Å². The molecule has 3 heteroatoms. The molecular weight excluding hydrogens is 131 g/mol. The van der Waals surface area contributed by atoms with Crippen LogP contribution in [0.5, 0.6) is 0 Å². The molecule has 0 aliphatic rings. The number of hydrogen-bond donors (Lipinski definition) is 1. The number of fused-ring (bicyclic) bond motifs is 1. The Morgan fingerprint density at radius 2 is 2.40 bits per heavy atom. The molecule has 0 radical (unpaired) electrons. The van der Waals surface area contributed by atoms with E-state index in [1.807, 2.05) is 6.07 Å². The molecule has 1 heterocycles. The van der Waals surface area contributed by atoms with E-state index < -0.39 is 0 Å². The Bertz CT molecular complexity index is 358. The van der Waals surface area contributed by atoms with Crippen molar-refractivity contribution in [1.29, 1.82) is 0 Å². The van der Waals surface area contributed by atoms with Crippen molar-refractivity contribution in [3.8, 4) is 0 Å². The van der Waals surface area contributed by atoms with E-state index in [0.717, 1.165) is 5.39 Å². The monoisotopic (exact) mass is 138 g/mol. The van der Waals surface area contributed by atoms with Gasteiger partial charge in [-0.1, -0.05) is 12.1 Å². The number of rotatable bonds is 0. The summed E-state index contributed by atoms with van der Waals surface area (Å²) in [4.78, 5) is 0. The van der Waals surface area contributed by atoms with Crippen LogP contribution in [0.4, 0.5) is 4.39 Å². The molecule has 0 unspecified atom stereocenters. The molecule has 1 N–H and O–H groups in total. The highest BCUT2D eigenvalue weighted by Gasteiger charge is 1.98. The van der Waals surface area contributed by atoms with E-state index in [1.165, 1.54) is 6.07 Å². The lowest BCUT2D eigenvalue weighted by atomic mass is 10.2. The maximum atomic E-state index is 12.7. The first-order valence-corrected chi connectivity index (χ1v) is 2.95. The zero-order valence-corrected chi connectivity index (χ0v) is 5.13. The predicted molar refractivity (Wildman–Crippen MR) is 38.2 cm³/mol. The van der Waals surface area contributed by atoms with Crippen LogP contribution in [0.1, 0.15) is 1.43 Å². The predicted octanol–water partition coefficient (Wildman–Crippen LogP) is 1.95. The molecule has 0 bridgehead atoms. The molecule has 0 saturated carbocycles. The van der Waals surface area contributed by atoms with Gasteiger partial charge in [0.2, 0.25) is 0 Å². The van der Waals surface area contributed by atoms with Crippen LogP contribution in [0.2, 0.25) is 0 Å². The molecule has 52 valence electrons. The number of halogens is 1. The second kappa shape index (κ2) is 1.80. The van der Waals surface area contributed by atoms with Crippen molar-refractivity contribution < 1.29 is 5.82 Å². The fraction of sp³-hybridized carbons (Fsp3) is 0. The average molecular weight is 138 g/mol. The van der Waals surface area contributed by atoms with Gasteiger partial charge in [0.1, 0.15) is 11.3 Å². The van der Waals surface area contributed by atoms with Gasteiger partial charge in [0.05, 0.1) is 6.20 Å². The summed E-state index contributed by atoms with van der Waals surface area (Å²) in [5, 5.41) is 7.07. The highest BCUT2D eigenvalue weighted by molar-refractivity contribution is 5.78. The van der Waals surface area contributed by atoms with Crippen LogP contribution in [-0.4, -0.2) is 10.2 Å². The molecule has 0 amide bonds. The van der Waals surface area contributed by atoms with Crippen LogP contribution in [0, 0.1) is 5.82 Å². The molecule has 1 aromatic heterocycles. The van der Waals surface area contributed by atoms with E-state index in [0.29, 0.717) is 5.52 Å². The maximum absolute atomic E-state index is 12.7. The molecule has 2 nitrogen and oxygen atoms in total. The summed E-state index contributed by atoms with van der Waals surface area (Å²) >= 11 is 0. The van der Waals surface area contributed by atoms with Crippen molar-refractivity contribution >= 4 is 10.9 Å². The van der Waals surface area contributed by atoms with E-state index in [9.17, 15) is 4.39 Å². The fourth-order valence-electron chi connectivity index (χ4n) is 0.933. The van der Waals surface area contributed by atoms with Crippen molar-refractivity contribution in [2.75, 3.05) is 0 Å². The smallest absolute Gasteiger partial charge is 0.148 e. The third-order valence-corrected chi connectivity index (χ3v) is 1.43. The topological polar surface area (TPSA) is 28.7 Å². The molecule has 1 aromatic carbocycles. The lowest BCUT2D eigenvalue weighted by Gasteiger charge is -1.87. The quantitative estimate of drug-likeness (QED) is 0.592. The third kappa shape index (κ3) is 0.603. The zero-order valence-electron chi connectivity index (χ0n) is 5.13. The summed E-state index contributed by atoms with van der Waals surface area (Å²) in [6, 6.07) is 4.87. The highest BCUT2D eigenvalue weighted by Crippen LogP contribution is 2.12. The number of nitrogens with zero attached hydrogens (tertiary/aromatic N) is 1. The van der Waals surface area contributed by atoms with Crippen molar-refractivity contribution in [1.82, 2.24) is 10.2 Å². The van der Waals surface area contributed by atoms with Crippen molar-refractivity contribution in [2.24, 2.45) is 0 Å². The van der Waals surface area contributed by atoms with Crippen molar-refractivity contribution in [2.45, 2.75) is 0 Å². The lowest BCUT2D eigenvalue weighted by Crippen LogP contribution is -1.74. The number of para-hydroxylation sites is 1. The number of benzene rings is 1. The molecule has 0 fully saturated rings. The number of H-pyrrole nitrogens is 1. The summed E-state index contributed by atoms with van der Waals surface area (Å²) in [6.07, 6.45) is 1.60. The first-order valence-electron chi connectivity index (χ1n) is 2.95. The summed E-state index contributed by atoms with van der Waals surface area (Å²) in [5.74, 6) is -0.255. The van der Waals surface area contributed by atoms with Gasteiger partial charge in [-0.15, -0.1) is 0 Å². The Labute approximate surface area is 58.2 Å². The first kappa shape index (κ1) is 5.41. The van der Waals surface area contributed by atoms with Crippen LogP contribution in [0.25, 0.3) is 10.9 Å². The Hall–Kier alpha value is -1.38. The Morgan fingerprint density at radius 3 is 3.20 bits per heavy atom. The Morgan fingerprint density at radius 1 is 1.50 bits per heavy atom. The van der Waals surface area contributed by atoms with Gasteiger partial charge < -0.3 is 0 Å². The molecule has 0 atom stereocenters. The molecule has 0 saturated heterocycles. The number of hydrogen-bond acceptors (Lipinski definition) is 1. The summed E-state index contributed by atoms with van der Waals surface area (Å²) in [6.45, 7) is 0. The first-order chi connectivity index (χ1) is 4.88. The number of nitrogens with one attached hydrogen (secondary N) is 1. The zero-order chi connectivity index (χ0) is 6.97. The minimum atomic E-state index is -0.255. The minimum Gasteiger partial charge on any atom is -0.275 e. The fourth-order valence-corrected chi connectivity index (χ4v) is 0.933. The van der Waals surface area contributed by atoms with Gasteiger partial charge in [0.25, 0.3) is 0 Å². The van der Waals surface area contributed by atoms with Crippen LogP contribution >= 0.6 is 0 Å². The molecule has 2 aromatic rings. The molecule has 0 spiro atoms. The average Bonchev–Trinajstić information content (AvgIpc) is 2.36. The van der Waals surface area contributed by atoms with Crippen LogP contribution in [-0.2, 0) is 0 Å². The minimum absolute atomic E-state index is 0. The highest BCUT2D eigenvalue weighted by atomic mass is 19.1. The van der Waals surface area contributed by atoms with Crippen molar-refractivity contribution in [3.63, 3.8) is 0 Å². The van der Waals surface area contributed by atoms with Gasteiger partial charge >= 0.3 is 0 Å². The second-order valence-electron chi connectivity index (χ2n) is 2.07. The molecular formula is C7H7FN2. The summed E-state index contributed by atoms with van der Waals surface area (Å²) in [5.41, 5.74) is 0.475. The largest absolute Gasteiger partial charge is 0.275 e. The van der Waals surface area contributed by atoms with Gasteiger partial charge in [-0.3, -0.25) is 5.10 Å². The van der Waals surface area contributed by atoms with E-state index in [2.05, 4.69) is 10.2 Å². The molecule has 2 rings (SSSR count). The van der Waals surface area contributed by atoms with E-state index in [-0.39, 0.29) is 7.24 Å². The maximum Gasteiger partial charge on any atom is 0.148 e. The molecule has 0 aliphatic carbocycles. The second-order valence-corrected chi connectivity index (χ2v) is 2.07. The summed E-state index contributed by atoms with van der Waals surface area (Å²) < 4.78 is 12.7. The van der Waals surface area contributed by atoms with Gasteiger partial charge in [-0.2, -0.15) is 5.10 Å². The number of aromatic nitrogens is 2. The van der Waals surface area contributed by atoms with Gasteiger partial charge in [-0.25, -0.2) is 4.39 Å². The van der Waals surface area contributed by atoms with Crippen LogP contribution in [0.15, 0.2) is 24.4 Å². The number of aromatic amines is 1. The standard InChI is InChI=1S/C7H5FN2.H2/c8-6-3-1-2-5-4-9-10-7(5)6;/h1-4H,(H,9,10);1H. The van der Waals surface area contributed by atoms with Crippen LogP contribution in [0.3, 0.4) is 0 Å². The third-order valence-electron chi connectivity index (χ3n) is 1.43. The van der Waals surface area contributed by atoms with E-state index in [1.54, 1.807) is 12.3 Å². The van der Waals surface area contributed by atoms with Gasteiger partial charge in [0, 0.05) is 6.81 Å². The van der Waals surface area contributed by atoms with E-state index >= 15 is 0 Å². The Balaban J connectivity index is 0.000000605.